The molecule has 24 heavy (non-hydrogen) atoms. The number of ether oxygens (including phenoxy) is 2. The van der Waals surface area contributed by atoms with Crippen LogP contribution < -0.4 is 10.1 Å². The highest BCUT2D eigenvalue weighted by atomic mass is 19.4. The van der Waals surface area contributed by atoms with Gasteiger partial charge < -0.3 is 19.3 Å². The highest BCUT2D eigenvalue weighted by Gasteiger charge is 2.31. The van der Waals surface area contributed by atoms with E-state index in [1.54, 1.807) is 0 Å². The van der Waals surface area contributed by atoms with Crippen LogP contribution in [-0.4, -0.2) is 30.5 Å². The van der Waals surface area contributed by atoms with Crippen molar-refractivity contribution in [2.24, 2.45) is 0 Å². The summed E-state index contributed by atoms with van der Waals surface area (Å²) < 4.78 is 49.3. The summed E-state index contributed by atoms with van der Waals surface area (Å²) in [6.45, 7) is 1.43. The van der Waals surface area contributed by atoms with Gasteiger partial charge in [0.25, 0.3) is 5.91 Å². The van der Waals surface area contributed by atoms with E-state index in [2.05, 4.69) is 19.9 Å². The molecule has 0 radical (unpaired) electrons. The third-order valence-corrected chi connectivity index (χ3v) is 2.81. The Hall–Kier alpha value is -3.04. The number of nitrogens with zero attached hydrogens (tertiary/aromatic N) is 1. The highest BCUT2D eigenvalue weighted by molar-refractivity contribution is 6.10. The van der Waals surface area contributed by atoms with Gasteiger partial charge in [-0.05, 0) is 31.2 Å². The first-order chi connectivity index (χ1) is 11.2. The number of carbonyl (C=O) groups is 2. The fraction of sp³-hybridized carbons (Fsp3) is 0.214. The van der Waals surface area contributed by atoms with Gasteiger partial charge in [-0.3, -0.25) is 4.79 Å². The minimum absolute atomic E-state index is 0.0879. The predicted octanol–water partition coefficient (Wildman–Crippen LogP) is 2.92. The lowest BCUT2D eigenvalue weighted by atomic mass is 10.1. The number of methoxy groups -OCH3 is 1. The molecule has 7 nitrogen and oxygen atoms in total. The molecular weight excluding hydrogens is 333 g/mol. The van der Waals surface area contributed by atoms with Crippen LogP contribution in [0.4, 0.5) is 18.9 Å². The molecule has 0 saturated carbocycles. The summed E-state index contributed by atoms with van der Waals surface area (Å²) in [7, 11) is 1.12. The fourth-order valence-corrected chi connectivity index (χ4v) is 1.81. The summed E-state index contributed by atoms with van der Waals surface area (Å²) in [4.78, 5) is 23.8. The standard InChI is InChI=1S/C14H11F3N2O5/c1-7-10(11(19-24-7)13(21)22-2)12(20)18-8-3-5-9(6-4-8)23-14(15,16)17/h3-6H,1-2H3,(H,18,20). The number of halogens is 3. The second-order valence-electron chi connectivity index (χ2n) is 4.48. The van der Waals surface area contributed by atoms with Crippen LogP contribution >= 0.6 is 0 Å². The molecule has 0 aliphatic heterocycles. The summed E-state index contributed by atoms with van der Waals surface area (Å²) in [6.07, 6.45) is -4.81. The molecule has 1 N–H and O–H groups in total. The number of hydrogen-bond donors (Lipinski definition) is 1. The topological polar surface area (TPSA) is 90.7 Å². The lowest BCUT2D eigenvalue weighted by Gasteiger charge is -2.10. The van der Waals surface area contributed by atoms with Crippen molar-refractivity contribution in [3.8, 4) is 5.75 Å². The van der Waals surface area contributed by atoms with Crippen LogP contribution in [-0.2, 0) is 4.74 Å². The Bertz CT molecular complexity index is 753. The van der Waals surface area contributed by atoms with E-state index in [4.69, 9.17) is 4.52 Å². The maximum absolute atomic E-state index is 12.2. The van der Waals surface area contributed by atoms with Crippen LogP contribution in [0.2, 0.25) is 0 Å². The van der Waals surface area contributed by atoms with Crippen molar-refractivity contribution in [3.05, 3.63) is 41.3 Å². The molecule has 1 heterocycles. The average molecular weight is 344 g/mol. The third kappa shape index (κ3) is 4.03. The van der Waals surface area contributed by atoms with Crippen LogP contribution in [0.5, 0.6) is 5.75 Å². The molecular formula is C14H11F3N2O5. The van der Waals surface area contributed by atoms with Crippen LogP contribution in [0.15, 0.2) is 28.8 Å². The first kappa shape index (κ1) is 17.3. The molecule has 1 aromatic carbocycles. The van der Waals surface area contributed by atoms with Crippen LogP contribution in [0, 0.1) is 6.92 Å². The average Bonchev–Trinajstić information content (AvgIpc) is 2.89. The van der Waals surface area contributed by atoms with Crippen LogP contribution in [0.3, 0.4) is 0 Å². The van der Waals surface area contributed by atoms with Crippen molar-refractivity contribution < 1.29 is 36.8 Å². The predicted molar refractivity (Wildman–Crippen MR) is 73.7 cm³/mol. The van der Waals surface area contributed by atoms with E-state index < -0.39 is 24.0 Å². The Balaban J connectivity index is 2.16. The monoisotopic (exact) mass is 344 g/mol. The largest absolute Gasteiger partial charge is 0.573 e. The van der Waals surface area contributed by atoms with Gasteiger partial charge in [0.05, 0.1) is 7.11 Å². The Kier molecular flexibility index (Phi) is 4.77. The minimum atomic E-state index is -4.81. The lowest BCUT2D eigenvalue weighted by Crippen LogP contribution is -2.18. The van der Waals surface area contributed by atoms with Gasteiger partial charge in [0.2, 0.25) is 5.69 Å². The van der Waals surface area contributed by atoms with Gasteiger partial charge in [0, 0.05) is 5.69 Å². The van der Waals surface area contributed by atoms with Gasteiger partial charge in [-0.2, -0.15) is 0 Å². The molecule has 0 atom stereocenters. The first-order valence-electron chi connectivity index (χ1n) is 6.43. The number of hydrogen-bond acceptors (Lipinski definition) is 6. The summed E-state index contributed by atoms with van der Waals surface area (Å²) in [5.74, 6) is -1.92. The Morgan fingerprint density at radius 2 is 1.83 bits per heavy atom. The zero-order valence-electron chi connectivity index (χ0n) is 12.4. The van der Waals surface area contributed by atoms with Crippen molar-refractivity contribution in [3.63, 3.8) is 0 Å². The number of benzene rings is 1. The molecule has 2 aromatic rings. The zero-order chi connectivity index (χ0) is 17.9. The van der Waals surface area contributed by atoms with E-state index in [0.717, 1.165) is 19.2 Å². The van der Waals surface area contributed by atoms with E-state index in [-0.39, 0.29) is 22.7 Å². The van der Waals surface area contributed by atoms with Gasteiger partial charge in [-0.1, -0.05) is 5.16 Å². The van der Waals surface area contributed by atoms with Crippen LogP contribution in [0.25, 0.3) is 0 Å². The first-order valence-corrected chi connectivity index (χ1v) is 6.43. The number of nitrogens with one attached hydrogen (secondary N) is 1. The van der Waals surface area contributed by atoms with Gasteiger partial charge in [0.1, 0.15) is 17.1 Å². The molecule has 0 aliphatic rings. The minimum Gasteiger partial charge on any atom is -0.464 e. The summed E-state index contributed by atoms with van der Waals surface area (Å²) >= 11 is 0. The number of aryl methyl sites for hydroxylation is 1. The van der Waals surface area contributed by atoms with Gasteiger partial charge in [-0.25, -0.2) is 4.79 Å². The Morgan fingerprint density at radius 3 is 2.38 bits per heavy atom. The second kappa shape index (κ2) is 6.60. The lowest BCUT2D eigenvalue weighted by molar-refractivity contribution is -0.274. The SMILES string of the molecule is COC(=O)c1noc(C)c1C(=O)Nc1ccc(OC(F)(F)F)cc1. The van der Waals surface area contributed by atoms with Crippen molar-refractivity contribution in [1.29, 1.82) is 0 Å². The number of amides is 1. The molecule has 1 aromatic heterocycles. The summed E-state index contributed by atoms with van der Waals surface area (Å²) in [5.41, 5.74) is -0.243. The maximum Gasteiger partial charge on any atom is 0.573 e. The molecule has 2 rings (SSSR count). The Morgan fingerprint density at radius 1 is 1.21 bits per heavy atom. The van der Waals surface area contributed by atoms with Crippen molar-refractivity contribution in [2.75, 3.05) is 12.4 Å². The quantitative estimate of drug-likeness (QED) is 0.858. The molecule has 128 valence electrons. The number of anilines is 1. The number of rotatable bonds is 4. The zero-order valence-corrected chi connectivity index (χ0v) is 12.4. The molecule has 0 unspecified atom stereocenters. The summed E-state index contributed by atoms with van der Waals surface area (Å²) in [5, 5.41) is 5.86. The highest BCUT2D eigenvalue weighted by Crippen LogP contribution is 2.24. The molecule has 0 spiro atoms. The van der Waals surface area contributed by atoms with Crippen molar-refractivity contribution in [2.45, 2.75) is 13.3 Å². The number of carbonyl (C=O) groups excluding carboxylic acids is 2. The number of aromatic nitrogens is 1. The van der Waals surface area contributed by atoms with Crippen molar-refractivity contribution in [1.82, 2.24) is 5.16 Å². The van der Waals surface area contributed by atoms with Crippen LogP contribution in [0.1, 0.15) is 26.6 Å². The third-order valence-electron chi connectivity index (χ3n) is 2.81. The molecule has 10 heteroatoms. The summed E-state index contributed by atoms with van der Waals surface area (Å²) in [6, 6.07) is 4.48. The molecule has 0 aliphatic carbocycles. The van der Waals surface area contributed by atoms with Gasteiger partial charge >= 0.3 is 12.3 Å². The van der Waals surface area contributed by atoms with E-state index >= 15 is 0 Å². The molecule has 0 bridgehead atoms. The molecule has 0 fully saturated rings. The Labute approximate surface area is 133 Å². The van der Waals surface area contributed by atoms with E-state index in [1.807, 2.05) is 0 Å². The molecule has 1 amide bonds. The molecule has 0 saturated heterocycles. The number of alkyl halides is 3. The smallest absolute Gasteiger partial charge is 0.464 e. The normalized spacial score (nSPS) is 11.0. The maximum atomic E-state index is 12.2. The van der Waals surface area contributed by atoms with Gasteiger partial charge in [-0.15, -0.1) is 13.2 Å². The van der Waals surface area contributed by atoms with E-state index in [1.165, 1.54) is 19.1 Å². The van der Waals surface area contributed by atoms with E-state index in [0.29, 0.717) is 0 Å². The van der Waals surface area contributed by atoms with Gasteiger partial charge in [0.15, 0.2) is 0 Å². The van der Waals surface area contributed by atoms with E-state index in [9.17, 15) is 22.8 Å². The number of esters is 1. The van der Waals surface area contributed by atoms with Crippen molar-refractivity contribution >= 4 is 17.6 Å². The second-order valence-corrected chi connectivity index (χ2v) is 4.48. The fourth-order valence-electron chi connectivity index (χ4n) is 1.81.